The molecule has 0 fully saturated rings. The van der Waals surface area contributed by atoms with Crippen molar-refractivity contribution in [2.75, 3.05) is 6.61 Å². The van der Waals surface area contributed by atoms with Crippen LogP contribution in [0.2, 0.25) is 0 Å². The van der Waals surface area contributed by atoms with Gasteiger partial charge < -0.3 is 9.84 Å². The first-order chi connectivity index (χ1) is 7.20. The Bertz CT molecular complexity index is 320. The zero-order valence-corrected chi connectivity index (χ0v) is 8.90. The molecule has 0 aliphatic carbocycles. The molecule has 1 rings (SSSR count). The van der Waals surface area contributed by atoms with E-state index in [4.69, 9.17) is 9.84 Å². The molecule has 0 aliphatic heterocycles. The fourth-order valence-electron chi connectivity index (χ4n) is 1.28. The maximum atomic E-state index is 10.2. The summed E-state index contributed by atoms with van der Waals surface area (Å²) in [6.45, 7) is 2.57. The lowest BCUT2D eigenvalue weighted by atomic mass is 10.2. The smallest absolute Gasteiger partial charge is 0.303 e. The van der Waals surface area contributed by atoms with Crippen molar-refractivity contribution in [3.8, 4) is 5.75 Å². The number of carboxylic acid groups (broad SMARTS) is 1. The van der Waals surface area contributed by atoms with E-state index in [0.29, 0.717) is 13.0 Å². The van der Waals surface area contributed by atoms with Crippen molar-refractivity contribution in [3.05, 3.63) is 29.8 Å². The van der Waals surface area contributed by atoms with Crippen LogP contribution in [-0.4, -0.2) is 17.7 Å². The minimum absolute atomic E-state index is 0.219. The van der Waals surface area contributed by atoms with Gasteiger partial charge in [-0.3, -0.25) is 4.79 Å². The zero-order chi connectivity index (χ0) is 11.1. The summed E-state index contributed by atoms with van der Waals surface area (Å²) in [5.41, 5.74) is 1.11. The van der Waals surface area contributed by atoms with Crippen molar-refractivity contribution < 1.29 is 14.6 Å². The molecule has 3 heteroatoms. The number of carbonyl (C=O) groups is 1. The van der Waals surface area contributed by atoms with Crippen LogP contribution in [0.4, 0.5) is 0 Å². The van der Waals surface area contributed by atoms with Crippen molar-refractivity contribution in [2.24, 2.45) is 0 Å². The summed E-state index contributed by atoms with van der Waals surface area (Å²) in [6, 6.07) is 7.81. The average Bonchev–Trinajstić information content (AvgIpc) is 2.20. The average molecular weight is 208 g/mol. The van der Waals surface area contributed by atoms with Crippen LogP contribution >= 0.6 is 0 Å². The number of aryl methyl sites for hydroxylation is 1. The van der Waals surface area contributed by atoms with Gasteiger partial charge in [-0.15, -0.1) is 0 Å². The van der Waals surface area contributed by atoms with Gasteiger partial charge in [0.2, 0.25) is 0 Å². The van der Waals surface area contributed by atoms with Crippen molar-refractivity contribution in [1.29, 1.82) is 0 Å². The van der Waals surface area contributed by atoms with E-state index in [-0.39, 0.29) is 6.42 Å². The molecule has 0 radical (unpaired) electrons. The van der Waals surface area contributed by atoms with Crippen LogP contribution < -0.4 is 4.74 Å². The lowest BCUT2D eigenvalue weighted by molar-refractivity contribution is -0.137. The third kappa shape index (κ3) is 4.49. The number of benzene rings is 1. The van der Waals surface area contributed by atoms with E-state index in [0.717, 1.165) is 17.7 Å². The van der Waals surface area contributed by atoms with Crippen molar-refractivity contribution in [3.63, 3.8) is 0 Å². The molecule has 0 unspecified atom stereocenters. The largest absolute Gasteiger partial charge is 0.493 e. The van der Waals surface area contributed by atoms with Crippen LogP contribution in [0, 0.1) is 6.92 Å². The number of unbranched alkanes of at least 4 members (excludes halogenated alkanes) is 1. The second kappa shape index (κ2) is 6.06. The fourth-order valence-corrected chi connectivity index (χ4v) is 1.28. The molecule has 1 aromatic carbocycles. The molecule has 0 spiro atoms. The number of para-hydroxylation sites is 1. The summed E-state index contributed by atoms with van der Waals surface area (Å²) >= 11 is 0. The number of hydrogen-bond donors (Lipinski definition) is 1. The van der Waals surface area contributed by atoms with Gasteiger partial charge in [-0.1, -0.05) is 18.2 Å². The van der Waals surface area contributed by atoms with E-state index in [1.165, 1.54) is 0 Å². The SMILES string of the molecule is Cc1ccccc1OCCCCC(=O)O. The number of carboxylic acids is 1. The normalized spacial score (nSPS) is 9.93. The predicted molar refractivity (Wildman–Crippen MR) is 58.2 cm³/mol. The van der Waals surface area contributed by atoms with E-state index in [2.05, 4.69) is 0 Å². The van der Waals surface area contributed by atoms with E-state index < -0.39 is 5.97 Å². The first-order valence-electron chi connectivity index (χ1n) is 5.10. The minimum Gasteiger partial charge on any atom is -0.493 e. The van der Waals surface area contributed by atoms with Crippen LogP contribution in [0.3, 0.4) is 0 Å². The highest BCUT2D eigenvalue weighted by atomic mass is 16.5. The molecule has 0 aromatic heterocycles. The second-order valence-corrected chi connectivity index (χ2v) is 3.46. The van der Waals surface area contributed by atoms with Gasteiger partial charge in [0, 0.05) is 6.42 Å². The standard InChI is InChI=1S/C12H16O3/c1-10-6-2-3-7-11(10)15-9-5-4-8-12(13)14/h2-3,6-7H,4-5,8-9H2,1H3,(H,13,14). The zero-order valence-electron chi connectivity index (χ0n) is 8.90. The van der Waals surface area contributed by atoms with Crippen LogP contribution in [-0.2, 0) is 4.79 Å². The molecule has 0 bridgehead atoms. The third-order valence-corrected chi connectivity index (χ3v) is 2.14. The molecule has 0 heterocycles. The van der Waals surface area contributed by atoms with Crippen molar-refractivity contribution in [2.45, 2.75) is 26.2 Å². The summed E-state index contributed by atoms with van der Waals surface area (Å²) < 4.78 is 5.53. The summed E-state index contributed by atoms with van der Waals surface area (Å²) in [6.07, 6.45) is 1.67. The molecule has 1 N–H and O–H groups in total. The Hall–Kier alpha value is -1.51. The molecular weight excluding hydrogens is 192 g/mol. The molecule has 0 saturated heterocycles. The maximum Gasteiger partial charge on any atom is 0.303 e. The number of rotatable bonds is 6. The monoisotopic (exact) mass is 208 g/mol. The molecule has 0 saturated carbocycles. The van der Waals surface area contributed by atoms with Gasteiger partial charge in [-0.25, -0.2) is 0 Å². The molecular formula is C12H16O3. The highest BCUT2D eigenvalue weighted by molar-refractivity contribution is 5.66. The summed E-state index contributed by atoms with van der Waals surface area (Å²) in [7, 11) is 0. The van der Waals surface area contributed by atoms with Gasteiger partial charge in [-0.2, -0.15) is 0 Å². The Morgan fingerprint density at radius 2 is 2.07 bits per heavy atom. The Morgan fingerprint density at radius 1 is 1.33 bits per heavy atom. The topological polar surface area (TPSA) is 46.5 Å². The van der Waals surface area contributed by atoms with Crippen molar-refractivity contribution in [1.82, 2.24) is 0 Å². The minimum atomic E-state index is -0.745. The first kappa shape index (κ1) is 11.6. The van der Waals surface area contributed by atoms with E-state index in [9.17, 15) is 4.79 Å². The van der Waals surface area contributed by atoms with Crippen LogP contribution in [0.1, 0.15) is 24.8 Å². The van der Waals surface area contributed by atoms with Crippen LogP contribution in [0.15, 0.2) is 24.3 Å². The highest BCUT2D eigenvalue weighted by Gasteiger charge is 1.99. The van der Waals surface area contributed by atoms with Gasteiger partial charge >= 0.3 is 5.97 Å². The maximum absolute atomic E-state index is 10.2. The van der Waals surface area contributed by atoms with Gasteiger partial charge in [-0.05, 0) is 31.4 Å². The highest BCUT2D eigenvalue weighted by Crippen LogP contribution is 2.16. The summed E-state index contributed by atoms with van der Waals surface area (Å²) in [5, 5.41) is 8.43. The third-order valence-electron chi connectivity index (χ3n) is 2.14. The summed E-state index contributed by atoms with van der Waals surface area (Å²) in [5.74, 6) is 0.138. The lowest BCUT2D eigenvalue weighted by Crippen LogP contribution is -2.01. The van der Waals surface area contributed by atoms with Crippen molar-refractivity contribution >= 4 is 5.97 Å². The van der Waals surface area contributed by atoms with E-state index >= 15 is 0 Å². The number of aliphatic carboxylic acids is 1. The number of ether oxygens (including phenoxy) is 1. The number of hydrogen-bond acceptors (Lipinski definition) is 2. The van der Waals surface area contributed by atoms with Crippen LogP contribution in [0.5, 0.6) is 5.75 Å². The van der Waals surface area contributed by atoms with Gasteiger partial charge in [0.05, 0.1) is 6.61 Å². The van der Waals surface area contributed by atoms with Gasteiger partial charge in [0.1, 0.15) is 5.75 Å². The first-order valence-corrected chi connectivity index (χ1v) is 5.10. The quantitative estimate of drug-likeness (QED) is 0.731. The van der Waals surface area contributed by atoms with E-state index in [1.54, 1.807) is 0 Å². The molecule has 3 nitrogen and oxygen atoms in total. The molecule has 0 amide bonds. The molecule has 0 atom stereocenters. The Kier molecular flexibility index (Phi) is 4.68. The molecule has 15 heavy (non-hydrogen) atoms. The second-order valence-electron chi connectivity index (χ2n) is 3.46. The van der Waals surface area contributed by atoms with Gasteiger partial charge in [0.15, 0.2) is 0 Å². The fraction of sp³-hybridized carbons (Fsp3) is 0.417. The Labute approximate surface area is 89.7 Å². The summed E-state index contributed by atoms with van der Waals surface area (Å²) in [4.78, 5) is 10.2. The van der Waals surface area contributed by atoms with E-state index in [1.807, 2.05) is 31.2 Å². The Balaban J connectivity index is 2.21. The predicted octanol–water partition coefficient (Wildman–Crippen LogP) is 2.63. The Morgan fingerprint density at radius 3 is 2.73 bits per heavy atom. The molecule has 0 aliphatic rings. The van der Waals surface area contributed by atoms with Gasteiger partial charge in [0.25, 0.3) is 0 Å². The lowest BCUT2D eigenvalue weighted by Gasteiger charge is -2.07. The van der Waals surface area contributed by atoms with Crippen LogP contribution in [0.25, 0.3) is 0 Å². The molecule has 1 aromatic rings. The molecule has 82 valence electrons.